The number of nitrogen functional groups attached to an aromatic ring is 1. The Labute approximate surface area is 142 Å². The number of anilines is 1. The van der Waals surface area contributed by atoms with Crippen LogP contribution in [-0.4, -0.2) is 15.8 Å². The summed E-state index contributed by atoms with van der Waals surface area (Å²) in [6.07, 6.45) is -4.66. The zero-order valence-electron chi connectivity index (χ0n) is 12.7. The monoisotopic (exact) mass is 366 g/mol. The number of rotatable bonds is 1. The van der Waals surface area contributed by atoms with Crippen LogP contribution in [0, 0.1) is 10.1 Å². The third kappa shape index (κ3) is 1.90. The van der Waals surface area contributed by atoms with Crippen molar-refractivity contribution in [1.82, 2.24) is 0 Å². The Balaban J connectivity index is 1.95. The lowest BCUT2D eigenvalue weighted by molar-refractivity contribution is -0.387. The summed E-state index contributed by atoms with van der Waals surface area (Å²) in [5.74, 6) is -5.03. The number of Topliss-reactive ketones (excluding diaryl/α,β-unsaturated/α-hetero) is 1. The first-order valence-electron chi connectivity index (χ1n) is 7.30. The third-order valence-corrected chi connectivity index (χ3v) is 4.59. The van der Waals surface area contributed by atoms with Gasteiger partial charge >= 0.3 is 6.18 Å². The number of hydrogen-bond acceptors (Lipinski definition) is 6. The number of nitro groups is 1. The molecule has 0 fully saturated rings. The van der Waals surface area contributed by atoms with E-state index in [2.05, 4.69) is 0 Å². The molecule has 1 aliphatic heterocycles. The van der Waals surface area contributed by atoms with E-state index < -0.39 is 45.4 Å². The largest absolute Gasteiger partial charge is 0.456 e. The van der Waals surface area contributed by atoms with Crippen LogP contribution in [0.4, 0.5) is 24.5 Å². The van der Waals surface area contributed by atoms with Gasteiger partial charge in [0.1, 0.15) is 17.2 Å². The zero-order valence-corrected chi connectivity index (χ0v) is 12.7. The van der Waals surface area contributed by atoms with Crippen molar-refractivity contribution in [3.05, 3.63) is 62.7 Å². The van der Waals surface area contributed by atoms with Gasteiger partial charge in [-0.05, 0) is 18.2 Å². The molecule has 1 aliphatic carbocycles. The Bertz CT molecular complexity index is 1000. The number of fused-ring (bicyclic) bond motifs is 5. The van der Waals surface area contributed by atoms with Crippen molar-refractivity contribution in [2.45, 2.75) is 17.9 Å². The van der Waals surface area contributed by atoms with Crippen molar-refractivity contribution in [3.63, 3.8) is 0 Å². The molecule has 2 aliphatic rings. The predicted octanol–water partition coefficient (Wildman–Crippen LogP) is 2.71. The Morgan fingerprint density at radius 3 is 2.58 bits per heavy atom. The number of hydrogen-bond donors (Lipinski definition) is 2. The Morgan fingerprint density at radius 1 is 1.27 bits per heavy atom. The van der Waals surface area contributed by atoms with Crippen LogP contribution in [0.15, 0.2) is 30.3 Å². The molecular formula is C16H9F3N2O5. The predicted molar refractivity (Wildman–Crippen MR) is 80.5 cm³/mol. The summed E-state index contributed by atoms with van der Waals surface area (Å²) in [7, 11) is 0. The smallest absolute Gasteiger partial charge is 0.416 e. The second kappa shape index (κ2) is 4.73. The second-order valence-electron chi connectivity index (χ2n) is 6.03. The fourth-order valence-electron chi connectivity index (χ4n) is 3.52. The molecule has 2 atom stereocenters. The molecule has 2 aromatic carbocycles. The maximum atomic E-state index is 12.9. The van der Waals surface area contributed by atoms with Gasteiger partial charge in [-0.2, -0.15) is 13.2 Å². The number of carbonyl (C=O) groups excluding carboxylic acids is 1. The van der Waals surface area contributed by atoms with Gasteiger partial charge < -0.3 is 15.6 Å². The van der Waals surface area contributed by atoms with Crippen LogP contribution >= 0.6 is 0 Å². The molecule has 0 aromatic heterocycles. The summed E-state index contributed by atoms with van der Waals surface area (Å²) in [5, 5.41) is 22.2. The van der Waals surface area contributed by atoms with E-state index in [1.807, 2.05) is 0 Å². The van der Waals surface area contributed by atoms with Gasteiger partial charge in [0.2, 0.25) is 0 Å². The number of nitrogens with two attached hydrogens (primary N) is 1. The highest BCUT2D eigenvalue weighted by Crippen LogP contribution is 2.58. The number of nitrogens with zero attached hydrogens (tertiary/aromatic N) is 1. The highest BCUT2D eigenvalue weighted by molar-refractivity contribution is 6.12. The molecule has 2 unspecified atom stereocenters. The van der Waals surface area contributed by atoms with Crippen molar-refractivity contribution in [3.8, 4) is 5.75 Å². The van der Waals surface area contributed by atoms with Gasteiger partial charge in [-0.15, -0.1) is 0 Å². The maximum absolute atomic E-state index is 12.9. The molecule has 134 valence electrons. The van der Waals surface area contributed by atoms with Crippen LogP contribution < -0.4 is 10.5 Å². The summed E-state index contributed by atoms with van der Waals surface area (Å²) in [6, 6.07) is 4.59. The summed E-state index contributed by atoms with van der Waals surface area (Å²) in [6.45, 7) is 0. The molecule has 0 saturated heterocycles. The number of alkyl halides is 3. The van der Waals surface area contributed by atoms with Gasteiger partial charge in [-0.1, -0.05) is 6.07 Å². The summed E-state index contributed by atoms with van der Waals surface area (Å²) in [4.78, 5) is 23.2. The Hall–Kier alpha value is -3.14. The minimum atomic E-state index is -4.66. The van der Waals surface area contributed by atoms with Gasteiger partial charge in [-0.3, -0.25) is 14.9 Å². The normalized spacial score (nSPS) is 23.2. The molecule has 26 heavy (non-hydrogen) atoms. The van der Waals surface area contributed by atoms with Crippen LogP contribution in [0.5, 0.6) is 5.75 Å². The van der Waals surface area contributed by atoms with Gasteiger partial charge in [0.25, 0.3) is 11.5 Å². The van der Waals surface area contributed by atoms with Crippen LogP contribution in [0.3, 0.4) is 0 Å². The molecule has 0 amide bonds. The summed E-state index contributed by atoms with van der Waals surface area (Å²) >= 11 is 0. The van der Waals surface area contributed by atoms with E-state index in [-0.39, 0.29) is 22.6 Å². The van der Waals surface area contributed by atoms with E-state index in [0.717, 1.165) is 24.3 Å². The molecule has 0 saturated carbocycles. The number of halogens is 3. The van der Waals surface area contributed by atoms with E-state index in [0.29, 0.717) is 6.07 Å². The number of ketones is 1. The van der Waals surface area contributed by atoms with Crippen molar-refractivity contribution in [2.75, 3.05) is 5.73 Å². The molecule has 3 N–H and O–H groups in total. The van der Waals surface area contributed by atoms with Crippen molar-refractivity contribution in [2.24, 2.45) is 0 Å². The lowest BCUT2D eigenvalue weighted by Gasteiger charge is -2.22. The molecule has 7 nitrogen and oxygen atoms in total. The van der Waals surface area contributed by atoms with Crippen molar-refractivity contribution >= 4 is 17.2 Å². The van der Waals surface area contributed by atoms with Gasteiger partial charge in [-0.25, -0.2) is 0 Å². The lowest BCUT2D eigenvalue weighted by Crippen LogP contribution is -2.33. The van der Waals surface area contributed by atoms with Gasteiger partial charge in [0.15, 0.2) is 5.78 Å². The van der Waals surface area contributed by atoms with Crippen LogP contribution in [0.1, 0.15) is 33.0 Å². The lowest BCUT2D eigenvalue weighted by atomic mass is 9.92. The average molecular weight is 366 g/mol. The van der Waals surface area contributed by atoms with E-state index in [4.69, 9.17) is 10.5 Å². The molecule has 0 radical (unpaired) electrons. The fourth-order valence-corrected chi connectivity index (χ4v) is 3.52. The molecule has 0 spiro atoms. The number of aliphatic hydroxyl groups is 1. The van der Waals surface area contributed by atoms with E-state index in [9.17, 15) is 33.2 Å². The molecule has 10 heteroatoms. The minimum absolute atomic E-state index is 0.00963. The topological polar surface area (TPSA) is 116 Å². The minimum Gasteiger partial charge on any atom is -0.456 e. The Morgan fingerprint density at radius 2 is 1.96 bits per heavy atom. The van der Waals surface area contributed by atoms with Crippen LogP contribution in [-0.2, 0) is 12.0 Å². The van der Waals surface area contributed by atoms with Gasteiger partial charge in [0.05, 0.1) is 16.1 Å². The molecule has 1 heterocycles. The van der Waals surface area contributed by atoms with Crippen molar-refractivity contribution in [1.29, 1.82) is 0 Å². The van der Waals surface area contributed by atoms with Crippen LogP contribution in [0.2, 0.25) is 0 Å². The molecule has 0 bridgehead atoms. The molecule has 4 rings (SSSR count). The maximum Gasteiger partial charge on any atom is 0.416 e. The number of ether oxygens (including phenoxy) is 1. The fraction of sp³-hybridized carbons (Fsp3) is 0.188. The average Bonchev–Trinajstić information content (AvgIpc) is 2.95. The van der Waals surface area contributed by atoms with E-state index in [1.54, 1.807) is 0 Å². The first kappa shape index (κ1) is 16.3. The first-order chi connectivity index (χ1) is 12.1. The summed E-state index contributed by atoms with van der Waals surface area (Å²) < 4.78 is 43.9. The third-order valence-electron chi connectivity index (χ3n) is 4.59. The standard InChI is InChI=1S/C16H9F3N2O5/c17-16(18,19)6-1-2-7-10(5-6)26-15(23)12(7)14(22)11-8(20)3-4-9(13(11)15)21(24)25/h1-5,12,23H,20H2. The Kier molecular flexibility index (Phi) is 2.97. The summed E-state index contributed by atoms with van der Waals surface area (Å²) in [5.41, 5.74) is 3.33. The zero-order chi connectivity index (χ0) is 19.0. The van der Waals surface area contributed by atoms with Crippen molar-refractivity contribution < 1.29 is 32.7 Å². The van der Waals surface area contributed by atoms with E-state index >= 15 is 0 Å². The number of benzene rings is 2. The SMILES string of the molecule is Nc1ccc([N+](=O)[O-])c2c1C(=O)C1c3ccc(C(F)(F)F)cc3OC21O. The second-order valence-corrected chi connectivity index (χ2v) is 6.03. The number of carbonyl (C=O) groups is 1. The first-order valence-corrected chi connectivity index (χ1v) is 7.30. The highest BCUT2D eigenvalue weighted by atomic mass is 19.4. The highest BCUT2D eigenvalue weighted by Gasteiger charge is 2.63. The molecular weight excluding hydrogens is 357 g/mol. The van der Waals surface area contributed by atoms with Gasteiger partial charge in [0, 0.05) is 17.3 Å². The van der Waals surface area contributed by atoms with E-state index in [1.165, 1.54) is 0 Å². The quantitative estimate of drug-likeness (QED) is 0.455. The number of nitro benzene ring substituents is 1. The van der Waals surface area contributed by atoms with Crippen LogP contribution in [0.25, 0.3) is 0 Å². The molecule has 2 aromatic rings.